The Morgan fingerprint density at radius 2 is 2.00 bits per heavy atom. The molecule has 1 aromatic carbocycles. The second-order valence-corrected chi connectivity index (χ2v) is 6.58. The van der Waals surface area contributed by atoms with Gasteiger partial charge in [0.15, 0.2) is 0 Å². The Hall–Kier alpha value is -2.14. The number of thiophene rings is 1. The van der Waals surface area contributed by atoms with Crippen LogP contribution in [0, 0.1) is 0 Å². The van der Waals surface area contributed by atoms with Crippen molar-refractivity contribution in [2.45, 2.75) is 32.6 Å². The van der Waals surface area contributed by atoms with E-state index in [1.165, 1.54) is 10.4 Å². The van der Waals surface area contributed by atoms with Crippen molar-refractivity contribution in [3.05, 3.63) is 58.0 Å². The van der Waals surface area contributed by atoms with Crippen molar-refractivity contribution in [2.75, 3.05) is 5.32 Å². The van der Waals surface area contributed by atoms with Gasteiger partial charge in [-0.25, -0.2) is 0 Å². The van der Waals surface area contributed by atoms with Crippen molar-refractivity contribution in [1.82, 2.24) is 15.2 Å². The molecule has 0 saturated carbocycles. The number of nitrogens with one attached hydrogen (secondary N) is 2. The summed E-state index contributed by atoms with van der Waals surface area (Å²) in [6, 6.07) is 12.5. The highest BCUT2D eigenvalue weighted by Gasteiger charge is 2.09. The van der Waals surface area contributed by atoms with E-state index in [4.69, 9.17) is 0 Å². The van der Waals surface area contributed by atoms with E-state index in [0.717, 1.165) is 24.4 Å². The van der Waals surface area contributed by atoms with E-state index >= 15 is 0 Å². The van der Waals surface area contributed by atoms with E-state index in [1.54, 1.807) is 11.3 Å². The summed E-state index contributed by atoms with van der Waals surface area (Å²) in [4.78, 5) is 5.90. The minimum absolute atomic E-state index is 0.459. The molecule has 5 heteroatoms. The fourth-order valence-electron chi connectivity index (χ4n) is 2.39. The minimum Gasteiger partial charge on any atom is -0.323 e. The van der Waals surface area contributed by atoms with Gasteiger partial charge in [-0.3, -0.25) is 5.10 Å². The van der Waals surface area contributed by atoms with E-state index in [9.17, 15) is 0 Å². The summed E-state index contributed by atoms with van der Waals surface area (Å²) in [5.74, 6) is 2.01. The number of aryl methyl sites for hydroxylation is 2. The van der Waals surface area contributed by atoms with Gasteiger partial charge in [-0.2, -0.15) is 4.98 Å². The fraction of sp³-hybridized carbons (Fsp3) is 0.294. The molecule has 0 spiro atoms. The van der Waals surface area contributed by atoms with Crippen LogP contribution in [0.3, 0.4) is 0 Å². The zero-order valence-electron chi connectivity index (χ0n) is 12.8. The molecule has 0 radical (unpaired) electrons. The van der Waals surface area contributed by atoms with E-state index < -0.39 is 0 Å². The zero-order valence-corrected chi connectivity index (χ0v) is 13.7. The van der Waals surface area contributed by atoms with E-state index in [1.807, 2.05) is 6.07 Å². The summed E-state index contributed by atoms with van der Waals surface area (Å²) in [7, 11) is 0. The molecule has 114 valence electrons. The summed E-state index contributed by atoms with van der Waals surface area (Å²) in [6.07, 6.45) is 1.87. The molecule has 2 heterocycles. The first-order valence-corrected chi connectivity index (χ1v) is 8.40. The van der Waals surface area contributed by atoms with Crippen LogP contribution in [0.5, 0.6) is 0 Å². The van der Waals surface area contributed by atoms with Gasteiger partial charge in [-0.15, -0.1) is 16.4 Å². The van der Waals surface area contributed by atoms with Crippen LogP contribution in [0.1, 0.15) is 36.0 Å². The third-order valence-electron chi connectivity index (χ3n) is 3.55. The van der Waals surface area contributed by atoms with Crippen molar-refractivity contribution in [2.24, 2.45) is 0 Å². The van der Waals surface area contributed by atoms with Gasteiger partial charge in [0, 0.05) is 17.0 Å². The second-order valence-electron chi connectivity index (χ2n) is 5.55. The van der Waals surface area contributed by atoms with Crippen molar-refractivity contribution < 1.29 is 0 Å². The number of aromatic amines is 1. The number of H-pyrrole nitrogens is 1. The summed E-state index contributed by atoms with van der Waals surface area (Å²) >= 11 is 1.78. The minimum atomic E-state index is 0.459. The molecule has 2 aromatic heterocycles. The van der Waals surface area contributed by atoms with Crippen LogP contribution >= 0.6 is 11.3 Å². The van der Waals surface area contributed by atoms with Gasteiger partial charge in [-0.05, 0) is 35.4 Å². The lowest BCUT2D eigenvalue weighted by atomic mass is 10.0. The number of hydrogen-bond donors (Lipinski definition) is 2. The van der Waals surface area contributed by atoms with Crippen molar-refractivity contribution in [3.8, 4) is 0 Å². The topological polar surface area (TPSA) is 53.6 Å². The van der Waals surface area contributed by atoms with E-state index in [0.29, 0.717) is 11.9 Å². The highest BCUT2D eigenvalue weighted by atomic mass is 32.1. The number of benzene rings is 1. The summed E-state index contributed by atoms with van der Waals surface area (Å²) in [6.45, 7) is 4.37. The molecule has 4 nitrogen and oxygen atoms in total. The largest absolute Gasteiger partial charge is 0.323 e. The number of nitrogens with zero attached hydrogens (tertiary/aromatic N) is 2. The fourth-order valence-corrected chi connectivity index (χ4v) is 3.10. The molecule has 0 aliphatic heterocycles. The molecular formula is C17H20N4S. The number of para-hydroxylation sites is 1. The van der Waals surface area contributed by atoms with Gasteiger partial charge in [0.25, 0.3) is 0 Å². The number of rotatable bonds is 6. The average Bonchev–Trinajstić information content (AvgIpc) is 3.17. The van der Waals surface area contributed by atoms with Gasteiger partial charge >= 0.3 is 0 Å². The molecule has 0 atom stereocenters. The zero-order chi connectivity index (χ0) is 15.4. The lowest BCUT2D eigenvalue weighted by Gasteiger charge is -2.12. The first-order valence-electron chi connectivity index (χ1n) is 7.52. The molecular weight excluding hydrogens is 292 g/mol. The molecule has 22 heavy (non-hydrogen) atoms. The van der Waals surface area contributed by atoms with Gasteiger partial charge in [0.1, 0.15) is 5.82 Å². The van der Waals surface area contributed by atoms with Crippen molar-refractivity contribution in [1.29, 1.82) is 0 Å². The molecule has 3 aromatic rings. The van der Waals surface area contributed by atoms with Crippen molar-refractivity contribution >= 4 is 23.0 Å². The number of hydrogen-bond acceptors (Lipinski definition) is 4. The van der Waals surface area contributed by atoms with Gasteiger partial charge in [0.2, 0.25) is 5.95 Å². The molecule has 0 saturated heterocycles. The van der Waals surface area contributed by atoms with Gasteiger partial charge in [-0.1, -0.05) is 38.1 Å². The molecule has 0 amide bonds. The summed E-state index contributed by atoms with van der Waals surface area (Å²) in [5, 5.41) is 12.7. The van der Waals surface area contributed by atoms with Crippen LogP contribution in [0.15, 0.2) is 41.8 Å². The van der Waals surface area contributed by atoms with Gasteiger partial charge in [0.05, 0.1) is 0 Å². The Kier molecular flexibility index (Phi) is 4.53. The Morgan fingerprint density at radius 1 is 1.14 bits per heavy atom. The number of anilines is 2. The molecule has 0 fully saturated rings. The van der Waals surface area contributed by atoms with Crippen LogP contribution in [0.4, 0.5) is 11.6 Å². The molecule has 3 rings (SSSR count). The summed E-state index contributed by atoms with van der Waals surface area (Å²) < 4.78 is 0. The smallest absolute Gasteiger partial charge is 0.246 e. The third kappa shape index (κ3) is 3.54. The Morgan fingerprint density at radius 3 is 2.77 bits per heavy atom. The first-order chi connectivity index (χ1) is 10.7. The Labute approximate surface area is 134 Å². The van der Waals surface area contributed by atoms with Crippen LogP contribution in [-0.4, -0.2) is 15.2 Å². The van der Waals surface area contributed by atoms with Gasteiger partial charge < -0.3 is 5.32 Å². The first kappa shape index (κ1) is 14.8. The SMILES string of the molecule is CC(C)c1ccccc1Nc1n[nH]c(CCc2cccs2)n1. The predicted molar refractivity (Wildman–Crippen MR) is 91.9 cm³/mol. The standard InChI is InChI=1S/C17H20N4S/c1-12(2)14-7-3-4-8-15(14)18-17-19-16(20-21-17)10-9-13-6-5-11-22-13/h3-8,11-12H,9-10H2,1-2H3,(H2,18,19,20,21). The molecule has 0 bridgehead atoms. The lowest BCUT2D eigenvalue weighted by Crippen LogP contribution is -1.99. The van der Waals surface area contributed by atoms with Crippen LogP contribution in [0.25, 0.3) is 0 Å². The molecule has 0 unspecified atom stereocenters. The van der Waals surface area contributed by atoms with Crippen molar-refractivity contribution in [3.63, 3.8) is 0 Å². The predicted octanol–water partition coefficient (Wildman–Crippen LogP) is 4.52. The van der Waals surface area contributed by atoms with E-state index in [2.05, 4.69) is 70.1 Å². The third-order valence-corrected chi connectivity index (χ3v) is 4.49. The highest BCUT2D eigenvalue weighted by molar-refractivity contribution is 7.09. The van der Waals surface area contributed by atoms with Crippen LogP contribution in [-0.2, 0) is 12.8 Å². The maximum absolute atomic E-state index is 4.53. The van der Waals surface area contributed by atoms with E-state index in [-0.39, 0.29) is 0 Å². The quantitative estimate of drug-likeness (QED) is 0.703. The molecule has 0 aliphatic rings. The lowest BCUT2D eigenvalue weighted by molar-refractivity contribution is 0.868. The second kappa shape index (κ2) is 6.75. The molecule has 2 N–H and O–H groups in total. The Balaban J connectivity index is 1.67. The van der Waals surface area contributed by atoms with Crippen LogP contribution < -0.4 is 5.32 Å². The van der Waals surface area contributed by atoms with Crippen LogP contribution in [0.2, 0.25) is 0 Å². The maximum atomic E-state index is 4.53. The Bertz CT molecular complexity index is 716. The maximum Gasteiger partial charge on any atom is 0.246 e. The number of aromatic nitrogens is 3. The normalized spacial score (nSPS) is 11.0. The molecule has 0 aliphatic carbocycles. The monoisotopic (exact) mass is 312 g/mol. The highest BCUT2D eigenvalue weighted by Crippen LogP contribution is 2.25. The summed E-state index contributed by atoms with van der Waals surface area (Å²) in [5.41, 5.74) is 2.34. The average molecular weight is 312 g/mol.